The third kappa shape index (κ3) is 44.0. The quantitative estimate of drug-likeness (QED) is 0.0201. The smallest absolute Gasteiger partial charge is 0.306 e. The first-order chi connectivity index (χ1) is 28.5. The van der Waals surface area contributed by atoms with Crippen LogP contribution in [0.15, 0.2) is 72.9 Å². The van der Waals surface area contributed by atoms with E-state index in [4.69, 9.17) is 14.2 Å². The van der Waals surface area contributed by atoms with Crippen molar-refractivity contribution in [3.8, 4) is 0 Å². The molecule has 0 aromatic heterocycles. The molecule has 0 aliphatic carbocycles. The molecular formula is C52H88O6. The molecule has 0 heterocycles. The number of carbonyl (C=O) groups excluding carboxylic acids is 3. The Morgan fingerprint density at radius 2 is 0.759 bits per heavy atom. The molecule has 0 N–H and O–H groups in total. The van der Waals surface area contributed by atoms with Crippen molar-refractivity contribution in [2.45, 2.75) is 226 Å². The zero-order valence-electron chi connectivity index (χ0n) is 37.8. The van der Waals surface area contributed by atoms with Gasteiger partial charge in [-0.2, -0.15) is 0 Å². The minimum absolute atomic E-state index is 0.0877. The van der Waals surface area contributed by atoms with Crippen LogP contribution in [0.1, 0.15) is 220 Å². The molecule has 1 atom stereocenters. The molecule has 0 amide bonds. The Hall–Kier alpha value is -3.15. The van der Waals surface area contributed by atoms with E-state index in [1.165, 1.54) is 83.5 Å². The molecule has 0 fully saturated rings. The maximum absolute atomic E-state index is 12.7. The van der Waals surface area contributed by atoms with Crippen molar-refractivity contribution in [2.24, 2.45) is 0 Å². The lowest BCUT2D eigenvalue weighted by Crippen LogP contribution is -2.30. The highest BCUT2D eigenvalue weighted by Crippen LogP contribution is 2.14. The van der Waals surface area contributed by atoms with Gasteiger partial charge in [-0.3, -0.25) is 14.4 Å². The van der Waals surface area contributed by atoms with E-state index in [9.17, 15) is 14.4 Å². The summed E-state index contributed by atoms with van der Waals surface area (Å²) < 4.78 is 16.7. The first kappa shape index (κ1) is 54.9. The molecule has 0 aromatic rings. The molecule has 0 bridgehead atoms. The molecule has 0 aliphatic rings. The summed E-state index contributed by atoms with van der Waals surface area (Å²) in [5.41, 5.74) is 0. The van der Waals surface area contributed by atoms with Gasteiger partial charge in [-0.05, 0) is 83.5 Å². The summed E-state index contributed by atoms with van der Waals surface area (Å²) in [5.74, 6) is -0.920. The van der Waals surface area contributed by atoms with Crippen molar-refractivity contribution in [2.75, 3.05) is 13.2 Å². The third-order valence-electron chi connectivity index (χ3n) is 9.99. The highest BCUT2D eigenvalue weighted by Gasteiger charge is 2.19. The van der Waals surface area contributed by atoms with Gasteiger partial charge in [0.25, 0.3) is 0 Å². The number of hydrogen-bond acceptors (Lipinski definition) is 6. The van der Waals surface area contributed by atoms with Gasteiger partial charge in [0, 0.05) is 19.3 Å². The summed E-state index contributed by atoms with van der Waals surface area (Å²) in [7, 11) is 0. The van der Waals surface area contributed by atoms with Crippen LogP contribution in [-0.4, -0.2) is 37.2 Å². The Morgan fingerprint density at radius 1 is 0.379 bits per heavy atom. The Bertz CT molecular complexity index is 1110. The number of carbonyl (C=O) groups is 3. The maximum atomic E-state index is 12.7. The van der Waals surface area contributed by atoms with Gasteiger partial charge < -0.3 is 14.2 Å². The molecule has 0 aliphatic heterocycles. The summed E-state index contributed by atoms with van der Waals surface area (Å²) in [6.45, 7) is 6.33. The number of ether oxygens (including phenoxy) is 3. The van der Waals surface area contributed by atoms with Gasteiger partial charge in [0.05, 0.1) is 0 Å². The average Bonchev–Trinajstić information content (AvgIpc) is 3.22. The van der Waals surface area contributed by atoms with E-state index < -0.39 is 6.10 Å². The maximum Gasteiger partial charge on any atom is 0.306 e. The largest absolute Gasteiger partial charge is 0.462 e. The van der Waals surface area contributed by atoms with Crippen LogP contribution < -0.4 is 0 Å². The van der Waals surface area contributed by atoms with E-state index in [-0.39, 0.29) is 31.1 Å². The Labute approximate surface area is 357 Å². The standard InChI is InChI=1S/C52H88O6/c1-4-7-10-13-16-19-22-24-26-28-30-33-36-39-42-45-51(54)57-48-49(47-56-50(53)44-41-38-35-32-29-21-18-15-12-9-6-3)58-52(55)46-43-40-37-34-31-27-25-23-20-17-14-11-8-5-2/h7-8,10-11,13,15-20,22,49H,4-6,9,12,14,21,23-48H2,1-3H3/b10-7-,11-8-,16-13-,18-15-,20-17-,22-19-. The fourth-order valence-electron chi connectivity index (χ4n) is 6.40. The monoisotopic (exact) mass is 809 g/mol. The SMILES string of the molecule is CC\C=C/C=C\C=C/CCCCCCCCCC(=O)OCC(COC(=O)CCCCCCC/C=C\CCCC)OC(=O)CCCCCCCCC/C=C\C/C=C\CC. The number of unbranched alkanes of at least 4 members (excludes halogenated alkanes) is 21. The predicted molar refractivity (Wildman–Crippen MR) is 247 cm³/mol. The zero-order valence-corrected chi connectivity index (χ0v) is 37.8. The molecule has 0 rings (SSSR count). The van der Waals surface area contributed by atoms with Crippen molar-refractivity contribution < 1.29 is 28.6 Å². The van der Waals surface area contributed by atoms with Gasteiger partial charge in [-0.25, -0.2) is 0 Å². The van der Waals surface area contributed by atoms with Crippen LogP contribution in [-0.2, 0) is 28.6 Å². The van der Waals surface area contributed by atoms with Crippen LogP contribution in [0.2, 0.25) is 0 Å². The zero-order chi connectivity index (χ0) is 42.3. The average molecular weight is 809 g/mol. The van der Waals surface area contributed by atoms with Gasteiger partial charge in [-0.1, -0.05) is 190 Å². The summed E-state index contributed by atoms with van der Waals surface area (Å²) in [5, 5.41) is 0. The first-order valence-electron chi connectivity index (χ1n) is 24.0. The van der Waals surface area contributed by atoms with Gasteiger partial charge in [0.1, 0.15) is 13.2 Å². The van der Waals surface area contributed by atoms with Gasteiger partial charge in [-0.15, -0.1) is 0 Å². The fourth-order valence-corrected chi connectivity index (χ4v) is 6.40. The molecule has 0 saturated carbocycles. The second-order valence-corrected chi connectivity index (χ2v) is 15.7. The normalized spacial score (nSPS) is 12.7. The number of allylic oxidation sites excluding steroid dienone is 12. The van der Waals surface area contributed by atoms with Crippen LogP contribution in [0.3, 0.4) is 0 Å². The number of rotatable bonds is 42. The van der Waals surface area contributed by atoms with Gasteiger partial charge in [0.15, 0.2) is 6.10 Å². The van der Waals surface area contributed by atoms with Crippen molar-refractivity contribution in [1.29, 1.82) is 0 Å². The minimum atomic E-state index is -0.786. The van der Waals surface area contributed by atoms with Crippen molar-refractivity contribution in [3.05, 3.63) is 72.9 Å². The molecule has 1 unspecified atom stereocenters. The molecule has 332 valence electrons. The van der Waals surface area contributed by atoms with Crippen molar-refractivity contribution in [3.63, 3.8) is 0 Å². The number of hydrogen-bond donors (Lipinski definition) is 0. The van der Waals surface area contributed by atoms with E-state index in [0.717, 1.165) is 96.3 Å². The Morgan fingerprint density at radius 3 is 1.24 bits per heavy atom. The molecule has 0 spiro atoms. The Kier molecular flexibility index (Phi) is 44.0. The van der Waals surface area contributed by atoms with Crippen LogP contribution >= 0.6 is 0 Å². The van der Waals surface area contributed by atoms with Crippen molar-refractivity contribution in [1.82, 2.24) is 0 Å². The van der Waals surface area contributed by atoms with Crippen molar-refractivity contribution >= 4 is 17.9 Å². The lowest BCUT2D eigenvalue weighted by Gasteiger charge is -2.18. The second-order valence-electron chi connectivity index (χ2n) is 15.7. The summed E-state index contributed by atoms with van der Waals surface area (Å²) >= 11 is 0. The van der Waals surface area contributed by atoms with E-state index in [0.29, 0.717) is 19.3 Å². The van der Waals surface area contributed by atoms with Crippen LogP contribution in [0.4, 0.5) is 0 Å². The topological polar surface area (TPSA) is 78.9 Å². The minimum Gasteiger partial charge on any atom is -0.462 e. The van der Waals surface area contributed by atoms with Gasteiger partial charge in [0.2, 0.25) is 0 Å². The summed E-state index contributed by atoms with van der Waals surface area (Å²) in [6.07, 6.45) is 57.4. The fraction of sp³-hybridized carbons (Fsp3) is 0.712. The molecular weight excluding hydrogens is 721 g/mol. The Balaban J connectivity index is 4.41. The lowest BCUT2D eigenvalue weighted by atomic mass is 10.1. The highest BCUT2D eigenvalue weighted by atomic mass is 16.6. The third-order valence-corrected chi connectivity index (χ3v) is 9.99. The first-order valence-corrected chi connectivity index (χ1v) is 24.0. The summed E-state index contributed by atoms with van der Waals surface area (Å²) in [4.78, 5) is 37.8. The number of esters is 3. The van der Waals surface area contributed by atoms with E-state index in [2.05, 4.69) is 93.7 Å². The molecule has 58 heavy (non-hydrogen) atoms. The molecule has 6 nitrogen and oxygen atoms in total. The highest BCUT2D eigenvalue weighted by molar-refractivity contribution is 5.71. The summed E-state index contributed by atoms with van der Waals surface area (Å²) in [6, 6.07) is 0. The second kappa shape index (κ2) is 46.5. The molecule has 0 saturated heterocycles. The molecule has 0 aromatic carbocycles. The van der Waals surface area contributed by atoms with Crippen LogP contribution in [0.25, 0.3) is 0 Å². The van der Waals surface area contributed by atoms with E-state index >= 15 is 0 Å². The van der Waals surface area contributed by atoms with Gasteiger partial charge >= 0.3 is 17.9 Å². The lowest BCUT2D eigenvalue weighted by molar-refractivity contribution is -0.167. The van der Waals surface area contributed by atoms with Crippen LogP contribution in [0, 0.1) is 0 Å². The molecule has 6 heteroatoms. The predicted octanol–water partition coefficient (Wildman–Crippen LogP) is 15.5. The van der Waals surface area contributed by atoms with E-state index in [1.54, 1.807) is 0 Å². The molecule has 0 radical (unpaired) electrons. The van der Waals surface area contributed by atoms with Crippen LogP contribution in [0.5, 0.6) is 0 Å². The van der Waals surface area contributed by atoms with E-state index in [1.807, 2.05) is 0 Å².